The number of rotatable bonds is 4. The first-order valence-corrected chi connectivity index (χ1v) is 9.45. The molecule has 1 aromatic heterocycles. The molecule has 2 aromatic rings. The normalized spacial score (nSPS) is 21.5. The molecule has 0 unspecified atom stereocenters. The van der Waals surface area contributed by atoms with E-state index in [1.807, 2.05) is 19.2 Å². The zero-order valence-electron chi connectivity index (χ0n) is 15.9. The number of likely N-dealkylation sites (tertiary alicyclic amines) is 1. The Morgan fingerprint density at radius 2 is 1.96 bits per heavy atom. The number of hydrogen-bond donors (Lipinski definition) is 2. The molecule has 3 heterocycles. The summed E-state index contributed by atoms with van der Waals surface area (Å²) >= 11 is 0. The lowest BCUT2D eigenvalue weighted by atomic mass is 10.0. The number of piperidine rings is 1. The van der Waals surface area contributed by atoms with E-state index < -0.39 is 6.10 Å². The number of methoxy groups -OCH3 is 1. The molecule has 1 spiro atoms. The molecule has 142 valence electrons. The zero-order chi connectivity index (χ0) is 18.3. The summed E-state index contributed by atoms with van der Waals surface area (Å²) in [4.78, 5) is 1.40. The minimum atomic E-state index is -0.500. The number of ether oxygens (including phenoxy) is 3. The summed E-state index contributed by atoms with van der Waals surface area (Å²) in [5.41, 5.74) is 3.25. The van der Waals surface area contributed by atoms with Crippen LogP contribution >= 0.6 is 0 Å². The van der Waals surface area contributed by atoms with E-state index >= 15 is 0 Å². The number of fused-ring (bicyclic) bond motifs is 1. The van der Waals surface area contributed by atoms with Gasteiger partial charge in [0.2, 0.25) is 0 Å². The van der Waals surface area contributed by atoms with Crippen LogP contribution in [0.3, 0.4) is 0 Å². The van der Waals surface area contributed by atoms with Gasteiger partial charge in [0.25, 0.3) is 0 Å². The summed E-state index contributed by atoms with van der Waals surface area (Å²) in [6.45, 7) is 6.11. The Kier molecular flexibility index (Phi) is 4.69. The third kappa shape index (κ3) is 3.01. The molecule has 1 aromatic carbocycles. The number of benzene rings is 1. The summed E-state index contributed by atoms with van der Waals surface area (Å²) < 4.78 is 19.2. The van der Waals surface area contributed by atoms with Crippen LogP contribution in [0, 0.1) is 6.92 Å². The third-order valence-corrected chi connectivity index (χ3v) is 6.10. The lowest BCUT2D eigenvalue weighted by molar-refractivity contribution is -0.912. The van der Waals surface area contributed by atoms with Gasteiger partial charge in [0.05, 0.1) is 46.3 Å². The van der Waals surface area contributed by atoms with E-state index in [-0.39, 0.29) is 5.79 Å². The quantitative estimate of drug-likeness (QED) is 0.851. The second-order valence-electron chi connectivity index (χ2n) is 7.52. The average molecular weight is 361 g/mol. The van der Waals surface area contributed by atoms with Gasteiger partial charge in [-0.1, -0.05) is 0 Å². The molecule has 4 rings (SSSR count). The maximum absolute atomic E-state index is 11.0. The topological polar surface area (TPSA) is 57.3 Å². The van der Waals surface area contributed by atoms with Crippen LogP contribution in [-0.2, 0) is 16.5 Å². The van der Waals surface area contributed by atoms with Gasteiger partial charge < -0.3 is 28.8 Å². The maximum atomic E-state index is 11.0. The highest BCUT2D eigenvalue weighted by Crippen LogP contribution is 2.32. The van der Waals surface area contributed by atoms with Gasteiger partial charge in [0.1, 0.15) is 18.4 Å². The first kappa shape index (κ1) is 17.8. The predicted molar refractivity (Wildman–Crippen MR) is 98.6 cm³/mol. The fourth-order valence-corrected chi connectivity index (χ4v) is 4.48. The van der Waals surface area contributed by atoms with Gasteiger partial charge in [-0.2, -0.15) is 0 Å². The molecule has 2 saturated heterocycles. The highest BCUT2D eigenvalue weighted by molar-refractivity contribution is 5.87. The summed E-state index contributed by atoms with van der Waals surface area (Å²) in [5.74, 6) is 0.469. The fraction of sp³-hybridized carbons (Fsp3) is 0.600. The van der Waals surface area contributed by atoms with Gasteiger partial charge in [-0.25, -0.2) is 0 Å². The van der Waals surface area contributed by atoms with Crippen molar-refractivity contribution in [3.63, 3.8) is 0 Å². The van der Waals surface area contributed by atoms with Crippen molar-refractivity contribution in [1.82, 2.24) is 4.57 Å². The van der Waals surface area contributed by atoms with E-state index in [4.69, 9.17) is 14.2 Å². The minimum absolute atomic E-state index is 0.350. The molecular weight excluding hydrogens is 332 g/mol. The molecule has 2 aliphatic rings. The molecular formula is C20H29N2O4+. The number of quaternary nitrogens is 1. The Morgan fingerprint density at radius 1 is 1.27 bits per heavy atom. The largest absolute Gasteiger partial charge is 0.497 e. The molecule has 0 aliphatic carbocycles. The Labute approximate surface area is 154 Å². The Hall–Kier alpha value is -1.60. The van der Waals surface area contributed by atoms with Gasteiger partial charge in [0, 0.05) is 29.2 Å². The highest BCUT2D eigenvalue weighted by atomic mass is 16.7. The van der Waals surface area contributed by atoms with Gasteiger partial charge in [0.15, 0.2) is 5.79 Å². The number of aliphatic hydroxyl groups is 1. The lowest BCUT2D eigenvalue weighted by Crippen LogP contribution is -3.14. The summed E-state index contributed by atoms with van der Waals surface area (Å²) in [6, 6.07) is 6.06. The predicted octanol–water partition coefficient (Wildman–Crippen LogP) is 0.951. The molecule has 0 saturated carbocycles. The van der Waals surface area contributed by atoms with Crippen molar-refractivity contribution in [2.24, 2.45) is 7.05 Å². The van der Waals surface area contributed by atoms with Crippen molar-refractivity contribution in [2.75, 3.05) is 40.0 Å². The van der Waals surface area contributed by atoms with Crippen molar-refractivity contribution < 1.29 is 24.2 Å². The monoisotopic (exact) mass is 361 g/mol. The maximum Gasteiger partial charge on any atom is 0.179 e. The van der Waals surface area contributed by atoms with Crippen molar-refractivity contribution in [2.45, 2.75) is 31.7 Å². The van der Waals surface area contributed by atoms with E-state index in [1.165, 1.54) is 4.90 Å². The Bertz CT molecular complexity index is 785. The molecule has 2 fully saturated rings. The van der Waals surface area contributed by atoms with Crippen LogP contribution in [0.5, 0.6) is 5.75 Å². The molecule has 0 radical (unpaired) electrons. The van der Waals surface area contributed by atoms with Gasteiger partial charge in [-0.3, -0.25) is 0 Å². The van der Waals surface area contributed by atoms with Crippen LogP contribution in [0.25, 0.3) is 10.9 Å². The average Bonchev–Trinajstić information content (AvgIpc) is 3.20. The smallest absolute Gasteiger partial charge is 0.179 e. The number of aryl methyl sites for hydroxylation is 1. The van der Waals surface area contributed by atoms with E-state index in [9.17, 15) is 5.11 Å². The van der Waals surface area contributed by atoms with E-state index in [1.54, 1.807) is 7.11 Å². The molecule has 1 atom stereocenters. The van der Waals surface area contributed by atoms with E-state index in [0.717, 1.165) is 53.8 Å². The van der Waals surface area contributed by atoms with Crippen LogP contribution in [0.1, 0.15) is 30.2 Å². The summed E-state index contributed by atoms with van der Waals surface area (Å²) in [5, 5.41) is 12.1. The van der Waals surface area contributed by atoms with Crippen molar-refractivity contribution in [3.05, 3.63) is 29.5 Å². The second kappa shape index (κ2) is 6.85. The fourth-order valence-electron chi connectivity index (χ4n) is 4.48. The molecule has 2 aliphatic heterocycles. The molecule has 26 heavy (non-hydrogen) atoms. The molecule has 0 amide bonds. The highest BCUT2D eigenvalue weighted by Gasteiger charge is 2.42. The van der Waals surface area contributed by atoms with Gasteiger partial charge in [-0.05, 0) is 25.1 Å². The molecule has 6 heteroatoms. The molecule has 2 N–H and O–H groups in total. The van der Waals surface area contributed by atoms with Crippen molar-refractivity contribution >= 4 is 10.9 Å². The lowest BCUT2D eigenvalue weighted by Gasteiger charge is -2.36. The Morgan fingerprint density at radius 3 is 2.62 bits per heavy atom. The SMILES string of the molecule is COc1ccc2c(c1)c([C@@H](O)C[NH+]1CCC3(CC1)OCCO3)c(C)n2C. The molecule has 0 bridgehead atoms. The van der Waals surface area contributed by atoms with Crippen molar-refractivity contribution in [3.8, 4) is 5.75 Å². The van der Waals surface area contributed by atoms with E-state index in [0.29, 0.717) is 19.8 Å². The Balaban J connectivity index is 1.53. The zero-order valence-corrected chi connectivity index (χ0v) is 15.9. The summed E-state index contributed by atoms with van der Waals surface area (Å²) in [7, 11) is 3.72. The van der Waals surface area contributed by atoms with Crippen LogP contribution in [-0.4, -0.2) is 55.4 Å². The second-order valence-corrected chi connectivity index (χ2v) is 7.52. The van der Waals surface area contributed by atoms with Gasteiger partial charge in [-0.15, -0.1) is 0 Å². The third-order valence-electron chi connectivity index (χ3n) is 6.10. The van der Waals surface area contributed by atoms with Crippen LogP contribution in [0.15, 0.2) is 18.2 Å². The first-order valence-electron chi connectivity index (χ1n) is 9.45. The van der Waals surface area contributed by atoms with Gasteiger partial charge >= 0.3 is 0 Å². The molecule has 6 nitrogen and oxygen atoms in total. The van der Waals surface area contributed by atoms with Crippen LogP contribution in [0.4, 0.5) is 0 Å². The number of hydrogen-bond acceptors (Lipinski definition) is 4. The summed E-state index contributed by atoms with van der Waals surface area (Å²) in [6.07, 6.45) is 1.30. The number of nitrogens with zero attached hydrogens (tertiary/aromatic N) is 1. The standard InChI is InChI=1S/C20H28N2O4/c1-14-19(16-12-15(24-3)4-5-17(16)21(14)2)18(23)13-22-8-6-20(7-9-22)25-10-11-26-20/h4-5,12,18,23H,6-11,13H2,1-3H3/p+1/t18-/m0/s1. The van der Waals surface area contributed by atoms with E-state index in [2.05, 4.69) is 17.6 Å². The van der Waals surface area contributed by atoms with Crippen LogP contribution < -0.4 is 9.64 Å². The number of nitrogens with one attached hydrogen (secondary N) is 1. The first-order chi connectivity index (χ1) is 12.5. The number of aliphatic hydroxyl groups excluding tert-OH is 1. The number of aromatic nitrogens is 1. The minimum Gasteiger partial charge on any atom is -0.497 e. The van der Waals surface area contributed by atoms with Crippen LogP contribution in [0.2, 0.25) is 0 Å². The van der Waals surface area contributed by atoms with Crippen molar-refractivity contribution in [1.29, 1.82) is 0 Å².